The first-order valence-corrected chi connectivity index (χ1v) is 12.2. The number of thioether (sulfide) groups is 1. The van der Waals surface area contributed by atoms with Crippen molar-refractivity contribution in [2.75, 3.05) is 13.1 Å². The van der Waals surface area contributed by atoms with Crippen LogP contribution in [0, 0.1) is 5.82 Å². The van der Waals surface area contributed by atoms with Crippen LogP contribution in [0.1, 0.15) is 31.0 Å². The summed E-state index contributed by atoms with van der Waals surface area (Å²) in [4.78, 5) is 6.86. The van der Waals surface area contributed by atoms with E-state index < -0.39 is 0 Å². The average molecular weight is 485 g/mol. The molecule has 10 heteroatoms. The Balaban J connectivity index is 1.37. The number of hydrogen-bond acceptors (Lipinski definition) is 7. The maximum absolute atomic E-state index is 13.5. The highest BCUT2D eigenvalue weighted by atomic mass is 35.5. The van der Waals surface area contributed by atoms with Crippen LogP contribution >= 0.6 is 23.4 Å². The molecule has 0 atom stereocenters. The molecule has 4 aromatic rings. The minimum Gasteiger partial charge on any atom is -0.338 e. The SMILES string of the molecule is Fc1ccc(-n2c(CN3CCCCC3)nnc2SCc2nc(-c3cccc(Cl)c3)no2)cc1. The molecule has 0 radical (unpaired) electrons. The van der Waals surface area contributed by atoms with E-state index in [9.17, 15) is 4.39 Å². The summed E-state index contributed by atoms with van der Waals surface area (Å²) in [6.45, 7) is 2.80. The third kappa shape index (κ3) is 5.26. The Morgan fingerprint density at radius 1 is 1.03 bits per heavy atom. The molecule has 7 nitrogen and oxygen atoms in total. The minimum absolute atomic E-state index is 0.280. The molecule has 1 fully saturated rings. The van der Waals surface area contributed by atoms with Crippen molar-refractivity contribution in [1.29, 1.82) is 0 Å². The van der Waals surface area contributed by atoms with Gasteiger partial charge in [-0.1, -0.05) is 47.1 Å². The van der Waals surface area contributed by atoms with Crippen molar-refractivity contribution < 1.29 is 8.91 Å². The van der Waals surface area contributed by atoms with E-state index in [2.05, 4.69) is 25.2 Å². The molecule has 0 N–H and O–H groups in total. The molecule has 0 aliphatic carbocycles. The molecule has 170 valence electrons. The van der Waals surface area contributed by atoms with E-state index in [1.165, 1.54) is 43.2 Å². The summed E-state index contributed by atoms with van der Waals surface area (Å²) >= 11 is 7.51. The van der Waals surface area contributed by atoms with Gasteiger partial charge >= 0.3 is 0 Å². The standard InChI is InChI=1S/C23H22ClFN6OS/c24-17-6-4-5-16(13-17)22-26-21(32-29-22)15-33-23-28-27-20(14-30-11-2-1-3-12-30)31(23)19-9-7-18(25)8-10-19/h4-10,13H,1-3,11-12,14-15H2. The molecule has 3 heterocycles. The fourth-order valence-corrected chi connectivity index (χ4v) is 4.85. The van der Waals surface area contributed by atoms with Gasteiger partial charge in [-0.3, -0.25) is 9.47 Å². The van der Waals surface area contributed by atoms with E-state index in [-0.39, 0.29) is 5.82 Å². The smallest absolute Gasteiger partial charge is 0.237 e. The summed E-state index contributed by atoms with van der Waals surface area (Å²) in [6.07, 6.45) is 3.65. The maximum Gasteiger partial charge on any atom is 0.237 e. The lowest BCUT2D eigenvalue weighted by molar-refractivity contribution is 0.214. The van der Waals surface area contributed by atoms with Crippen molar-refractivity contribution in [2.45, 2.75) is 36.7 Å². The van der Waals surface area contributed by atoms with Crippen molar-refractivity contribution in [1.82, 2.24) is 29.8 Å². The first-order valence-electron chi connectivity index (χ1n) is 10.8. The molecular formula is C23H22ClFN6OS. The zero-order chi connectivity index (χ0) is 22.6. The average Bonchev–Trinajstić information content (AvgIpc) is 3.46. The van der Waals surface area contributed by atoms with Crippen LogP contribution in [0.5, 0.6) is 0 Å². The van der Waals surface area contributed by atoms with Gasteiger partial charge in [-0.05, 0) is 62.3 Å². The zero-order valence-corrected chi connectivity index (χ0v) is 19.4. The lowest BCUT2D eigenvalue weighted by Crippen LogP contribution is -2.30. The van der Waals surface area contributed by atoms with E-state index in [1.807, 2.05) is 16.7 Å². The van der Waals surface area contributed by atoms with E-state index in [0.717, 1.165) is 30.2 Å². The second kappa shape index (κ2) is 10.0. The van der Waals surface area contributed by atoms with Crippen LogP contribution in [-0.4, -0.2) is 42.9 Å². The predicted octanol–water partition coefficient (Wildman–Crippen LogP) is 5.39. The van der Waals surface area contributed by atoms with Gasteiger partial charge in [0.2, 0.25) is 11.7 Å². The summed E-state index contributed by atoms with van der Waals surface area (Å²) in [6, 6.07) is 13.7. The number of hydrogen-bond donors (Lipinski definition) is 0. The topological polar surface area (TPSA) is 72.9 Å². The third-order valence-electron chi connectivity index (χ3n) is 5.47. The van der Waals surface area contributed by atoms with Gasteiger partial charge in [0.1, 0.15) is 5.82 Å². The fraction of sp³-hybridized carbons (Fsp3) is 0.304. The Bertz CT molecular complexity index is 1220. The van der Waals surface area contributed by atoms with E-state index in [4.69, 9.17) is 16.1 Å². The van der Waals surface area contributed by atoms with Gasteiger partial charge in [-0.2, -0.15) is 4.98 Å². The number of rotatable bonds is 7. The zero-order valence-electron chi connectivity index (χ0n) is 17.8. The molecule has 2 aromatic heterocycles. The van der Waals surface area contributed by atoms with Crippen LogP contribution in [0.25, 0.3) is 17.1 Å². The van der Waals surface area contributed by atoms with E-state index in [1.54, 1.807) is 24.3 Å². The Labute approximate surface area is 200 Å². The molecular weight excluding hydrogens is 463 g/mol. The van der Waals surface area contributed by atoms with Crippen molar-refractivity contribution in [3.05, 3.63) is 71.1 Å². The number of piperidine rings is 1. The Hall–Kier alpha value is -2.75. The molecule has 5 rings (SSSR count). The lowest BCUT2D eigenvalue weighted by Gasteiger charge is -2.26. The number of aromatic nitrogens is 5. The Morgan fingerprint density at radius 2 is 1.85 bits per heavy atom. The first kappa shape index (κ1) is 22.1. The van der Waals surface area contributed by atoms with Crippen molar-refractivity contribution in [3.63, 3.8) is 0 Å². The minimum atomic E-state index is -0.280. The van der Waals surface area contributed by atoms with Crippen molar-refractivity contribution in [2.24, 2.45) is 0 Å². The molecule has 0 bridgehead atoms. The highest BCUT2D eigenvalue weighted by Gasteiger charge is 2.20. The summed E-state index contributed by atoms with van der Waals surface area (Å²) in [5.41, 5.74) is 1.61. The van der Waals surface area contributed by atoms with Crippen LogP contribution in [0.3, 0.4) is 0 Å². The molecule has 2 aromatic carbocycles. The highest BCUT2D eigenvalue weighted by molar-refractivity contribution is 7.98. The molecule has 1 aliphatic rings. The molecule has 1 saturated heterocycles. The van der Waals surface area contributed by atoms with Gasteiger partial charge < -0.3 is 4.52 Å². The highest BCUT2D eigenvalue weighted by Crippen LogP contribution is 2.27. The molecule has 0 unspecified atom stereocenters. The second-order valence-corrected chi connectivity index (χ2v) is 9.24. The van der Waals surface area contributed by atoms with Gasteiger partial charge in [0.15, 0.2) is 11.0 Å². The van der Waals surface area contributed by atoms with Gasteiger partial charge in [0, 0.05) is 16.3 Å². The third-order valence-corrected chi connectivity index (χ3v) is 6.62. The van der Waals surface area contributed by atoms with Crippen LogP contribution in [0.2, 0.25) is 5.02 Å². The van der Waals surface area contributed by atoms with E-state index in [0.29, 0.717) is 34.2 Å². The van der Waals surface area contributed by atoms with Gasteiger partial charge in [0.25, 0.3) is 0 Å². The van der Waals surface area contributed by atoms with Crippen LogP contribution in [0.4, 0.5) is 4.39 Å². The monoisotopic (exact) mass is 484 g/mol. The van der Waals surface area contributed by atoms with Gasteiger partial charge in [-0.25, -0.2) is 4.39 Å². The van der Waals surface area contributed by atoms with Gasteiger partial charge in [-0.15, -0.1) is 10.2 Å². The second-order valence-electron chi connectivity index (χ2n) is 7.86. The van der Waals surface area contributed by atoms with Crippen LogP contribution in [0.15, 0.2) is 58.2 Å². The van der Waals surface area contributed by atoms with E-state index >= 15 is 0 Å². The maximum atomic E-state index is 13.5. The summed E-state index contributed by atoms with van der Waals surface area (Å²) in [5.74, 6) is 1.94. The van der Waals surface area contributed by atoms with Gasteiger partial charge in [0.05, 0.1) is 12.3 Å². The largest absolute Gasteiger partial charge is 0.338 e. The normalized spacial score (nSPS) is 14.6. The number of likely N-dealkylation sites (tertiary alicyclic amines) is 1. The number of halogens is 2. The molecule has 0 spiro atoms. The van der Waals surface area contributed by atoms with Crippen molar-refractivity contribution >= 4 is 23.4 Å². The lowest BCUT2D eigenvalue weighted by atomic mass is 10.1. The van der Waals surface area contributed by atoms with Crippen molar-refractivity contribution in [3.8, 4) is 17.1 Å². The molecule has 1 aliphatic heterocycles. The fourth-order valence-electron chi connectivity index (χ4n) is 3.85. The quantitative estimate of drug-likeness (QED) is 0.326. The molecule has 0 amide bonds. The first-order chi connectivity index (χ1) is 16.2. The van der Waals surface area contributed by atoms with Crippen LogP contribution in [-0.2, 0) is 12.3 Å². The number of nitrogens with zero attached hydrogens (tertiary/aromatic N) is 6. The van der Waals surface area contributed by atoms with Crippen LogP contribution < -0.4 is 0 Å². The Morgan fingerprint density at radius 3 is 2.64 bits per heavy atom. The number of benzene rings is 2. The summed E-state index contributed by atoms with van der Waals surface area (Å²) in [7, 11) is 0. The molecule has 33 heavy (non-hydrogen) atoms. The summed E-state index contributed by atoms with van der Waals surface area (Å²) in [5, 5.41) is 14.2. The summed E-state index contributed by atoms with van der Waals surface area (Å²) < 4.78 is 21.0. The predicted molar refractivity (Wildman–Crippen MR) is 125 cm³/mol. The Kier molecular flexibility index (Phi) is 6.70. The molecule has 0 saturated carbocycles.